The average molecular weight is 373 g/mol. The zero-order valence-corrected chi connectivity index (χ0v) is 14.7. The van der Waals surface area contributed by atoms with E-state index >= 15 is 0 Å². The van der Waals surface area contributed by atoms with Gasteiger partial charge in [0.25, 0.3) is 0 Å². The highest BCUT2D eigenvalue weighted by Gasteiger charge is 2.16. The molecule has 0 unspecified atom stereocenters. The number of nitrogens with zero attached hydrogens (tertiary/aromatic N) is 2. The van der Waals surface area contributed by atoms with Gasteiger partial charge < -0.3 is 4.74 Å². The predicted octanol–water partition coefficient (Wildman–Crippen LogP) is 2.77. The van der Waals surface area contributed by atoms with E-state index in [2.05, 4.69) is 14.7 Å². The summed E-state index contributed by atoms with van der Waals surface area (Å²) in [4.78, 5) is 8.17. The molecule has 0 spiro atoms. The first-order valence-electron chi connectivity index (χ1n) is 7.68. The smallest absolute Gasteiger partial charge is 0.240 e. The second kappa shape index (κ2) is 7.59. The third-order valence-electron chi connectivity index (χ3n) is 3.68. The highest BCUT2D eigenvalue weighted by molar-refractivity contribution is 7.89. The van der Waals surface area contributed by atoms with Crippen molar-refractivity contribution in [3.05, 3.63) is 72.4 Å². The molecule has 0 bridgehead atoms. The molecule has 0 saturated carbocycles. The van der Waals surface area contributed by atoms with Crippen LogP contribution in [0, 0.1) is 5.82 Å². The van der Waals surface area contributed by atoms with Crippen molar-refractivity contribution in [3.8, 4) is 17.0 Å². The highest BCUT2D eigenvalue weighted by atomic mass is 32.2. The van der Waals surface area contributed by atoms with Crippen LogP contribution in [-0.2, 0) is 16.6 Å². The lowest BCUT2D eigenvalue weighted by molar-refractivity contribution is 0.385. The predicted molar refractivity (Wildman–Crippen MR) is 94.4 cm³/mol. The van der Waals surface area contributed by atoms with Gasteiger partial charge in [0.1, 0.15) is 0 Å². The summed E-state index contributed by atoms with van der Waals surface area (Å²) in [7, 11) is -2.54. The maximum atomic E-state index is 13.7. The van der Waals surface area contributed by atoms with Gasteiger partial charge in [0.05, 0.1) is 17.7 Å². The summed E-state index contributed by atoms with van der Waals surface area (Å²) in [6.07, 6.45) is 4.96. The summed E-state index contributed by atoms with van der Waals surface area (Å²) >= 11 is 0. The van der Waals surface area contributed by atoms with Gasteiger partial charge in [0, 0.05) is 30.7 Å². The largest absolute Gasteiger partial charge is 0.494 e. The van der Waals surface area contributed by atoms with E-state index in [4.69, 9.17) is 4.74 Å². The Hall–Kier alpha value is -2.84. The molecule has 1 N–H and O–H groups in total. The van der Waals surface area contributed by atoms with Crippen molar-refractivity contribution in [2.75, 3.05) is 7.11 Å². The number of benzene rings is 1. The Labute approximate surface area is 150 Å². The second-order valence-electron chi connectivity index (χ2n) is 5.41. The number of ether oxygens (including phenoxy) is 1. The second-order valence-corrected chi connectivity index (χ2v) is 7.18. The third-order valence-corrected chi connectivity index (χ3v) is 5.08. The van der Waals surface area contributed by atoms with Crippen LogP contribution in [0.3, 0.4) is 0 Å². The fourth-order valence-corrected chi connectivity index (χ4v) is 3.32. The Balaban J connectivity index is 1.71. The van der Waals surface area contributed by atoms with Crippen LogP contribution in [0.2, 0.25) is 0 Å². The molecule has 26 heavy (non-hydrogen) atoms. The van der Waals surface area contributed by atoms with Crippen LogP contribution in [0.1, 0.15) is 5.56 Å². The summed E-state index contributed by atoms with van der Waals surface area (Å²) < 4.78 is 45.5. The van der Waals surface area contributed by atoms with Gasteiger partial charge >= 0.3 is 0 Å². The summed E-state index contributed by atoms with van der Waals surface area (Å²) in [6.45, 7) is 0.0380. The number of hydrogen-bond donors (Lipinski definition) is 1. The zero-order valence-electron chi connectivity index (χ0n) is 13.9. The number of rotatable bonds is 6. The van der Waals surface area contributed by atoms with Crippen molar-refractivity contribution >= 4 is 10.0 Å². The first kappa shape index (κ1) is 18.0. The van der Waals surface area contributed by atoms with Crippen molar-refractivity contribution in [2.45, 2.75) is 11.4 Å². The molecule has 0 radical (unpaired) electrons. The van der Waals surface area contributed by atoms with Crippen LogP contribution < -0.4 is 9.46 Å². The van der Waals surface area contributed by atoms with E-state index in [-0.39, 0.29) is 17.2 Å². The number of sulfonamides is 1. The minimum atomic E-state index is -3.85. The van der Waals surface area contributed by atoms with E-state index in [1.807, 2.05) is 12.1 Å². The molecular weight excluding hydrogens is 357 g/mol. The molecule has 0 saturated heterocycles. The summed E-state index contributed by atoms with van der Waals surface area (Å²) in [5.74, 6) is -0.753. The van der Waals surface area contributed by atoms with Gasteiger partial charge in [-0.25, -0.2) is 17.5 Å². The van der Waals surface area contributed by atoms with Gasteiger partial charge in [0.15, 0.2) is 11.6 Å². The van der Waals surface area contributed by atoms with Crippen molar-refractivity contribution < 1.29 is 17.5 Å². The van der Waals surface area contributed by atoms with E-state index in [0.29, 0.717) is 5.56 Å². The Morgan fingerprint density at radius 3 is 2.62 bits per heavy atom. The summed E-state index contributed by atoms with van der Waals surface area (Å²) in [6, 6.07) is 10.7. The third kappa shape index (κ3) is 4.04. The molecule has 0 atom stereocenters. The Kier molecular flexibility index (Phi) is 5.24. The number of halogens is 1. The molecule has 2 heterocycles. The molecule has 2 aromatic heterocycles. The lowest BCUT2D eigenvalue weighted by atomic mass is 10.1. The van der Waals surface area contributed by atoms with Crippen LogP contribution in [0.15, 0.2) is 66.0 Å². The molecule has 0 fully saturated rings. The lowest BCUT2D eigenvalue weighted by Crippen LogP contribution is -2.23. The van der Waals surface area contributed by atoms with Gasteiger partial charge in [-0.2, -0.15) is 0 Å². The fourth-order valence-electron chi connectivity index (χ4n) is 2.29. The average Bonchev–Trinajstić information content (AvgIpc) is 2.67. The monoisotopic (exact) mass is 373 g/mol. The van der Waals surface area contributed by atoms with Crippen LogP contribution in [0.5, 0.6) is 5.75 Å². The van der Waals surface area contributed by atoms with Crippen LogP contribution in [0.25, 0.3) is 11.3 Å². The summed E-state index contributed by atoms with van der Waals surface area (Å²) in [5.41, 5.74) is 2.28. The molecule has 0 aliphatic rings. The number of nitrogens with one attached hydrogen (secondary N) is 1. The minimum Gasteiger partial charge on any atom is -0.494 e. The van der Waals surface area contributed by atoms with Gasteiger partial charge in [0.2, 0.25) is 10.0 Å². The van der Waals surface area contributed by atoms with E-state index in [1.54, 1.807) is 30.7 Å². The molecule has 0 aliphatic heterocycles. The molecule has 134 valence electrons. The number of methoxy groups -OCH3 is 1. The molecule has 0 amide bonds. The molecule has 0 aliphatic carbocycles. The van der Waals surface area contributed by atoms with Crippen molar-refractivity contribution in [1.29, 1.82) is 0 Å². The van der Waals surface area contributed by atoms with Crippen LogP contribution in [0.4, 0.5) is 4.39 Å². The SMILES string of the molecule is COc1ccc(S(=O)(=O)NCc2ccc(-c3cccnc3)nc2)cc1F. The van der Waals surface area contributed by atoms with E-state index in [1.165, 1.54) is 19.2 Å². The number of pyridine rings is 2. The summed E-state index contributed by atoms with van der Waals surface area (Å²) in [5, 5.41) is 0. The van der Waals surface area contributed by atoms with E-state index in [0.717, 1.165) is 17.3 Å². The van der Waals surface area contributed by atoms with Gasteiger partial charge in [-0.3, -0.25) is 9.97 Å². The van der Waals surface area contributed by atoms with Crippen molar-refractivity contribution in [1.82, 2.24) is 14.7 Å². The maximum Gasteiger partial charge on any atom is 0.240 e. The maximum absolute atomic E-state index is 13.7. The quantitative estimate of drug-likeness (QED) is 0.719. The zero-order chi connectivity index (χ0) is 18.6. The first-order chi connectivity index (χ1) is 12.5. The fraction of sp³-hybridized carbons (Fsp3) is 0.111. The van der Waals surface area contributed by atoms with Gasteiger partial charge in [-0.15, -0.1) is 0 Å². The number of aromatic nitrogens is 2. The Bertz CT molecular complexity index is 994. The van der Waals surface area contributed by atoms with Gasteiger partial charge in [-0.05, 0) is 42.0 Å². The van der Waals surface area contributed by atoms with Crippen LogP contribution >= 0.6 is 0 Å². The first-order valence-corrected chi connectivity index (χ1v) is 9.16. The molecule has 3 aromatic rings. The lowest BCUT2D eigenvalue weighted by Gasteiger charge is -2.09. The molecule has 1 aromatic carbocycles. The van der Waals surface area contributed by atoms with Gasteiger partial charge in [-0.1, -0.05) is 6.07 Å². The molecular formula is C18H16FN3O3S. The van der Waals surface area contributed by atoms with Crippen molar-refractivity contribution in [3.63, 3.8) is 0 Å². The molecule has 6 nitrogen and oxygen atoms in total. The van der Waals surface area contributed by atoms with Crippen molar-refractivity contribution in [2.24, 2.45) is 0 Å². The molecule has 3 rings (SSSR count). The normalized spacial score (nSPS) is 11.3. The standard InChI is InChI=1S/C18H16FN3O3S/c1-25-18-7-5-15(9-16(18)19)26(23,24)22-11-13-4-6-17(21-10-13)14-3-2-8-20-12-14/h2-10,12,22H,11H2,1H3. The van der Waals surface area contributed by atoms with Crippen LogP contribution in [-0.4, -0.2) is 25.5 Å². The Morgan fingerprint density at radius 2 is 2.00 bits per heavy atom. The topological polar surface area (TPSA) is 81.2 Å². The molecule has 8 heteroatoms. The highest BCUT2D eigenvalue weighted by Crippen LogP contribution is 2.21. The number of hydrogen-bond acceptors (Lipinski definition) is 5. The Morgan fingerprint density at radius 1 is 1.15 bits per heavy atom. The minimum absolute atomic E-state index is 0.0147. The van der Waals surface area contributed by atoms with E-state index < -0.39 is 15.8 Å². The van der Waals surface area contributed by atoms with E-state index in [9.17, 15) is 12.8 Å².